The van der Waals surface area contributed by atoms with E-state index in [0.29, 0.717) is 6.04 Å². The van der Waals surface area contributed by atoms with Crippen molar-refractivity contribution in [2.24, 2.45) is 11.7 Å². The Bertz CT molecular complexity index is 372. The van der Waals surface area contributed by atoms with Crippen LogP contribution in [0.15, 0.2) is 18.3 Å². The van der Waals surface area contributed by atoms with Gasteiger partial charge in [-0.2, -0.15) is 0 Å². The van der Waals surface area contributed by atoms with E-state index in [2.05, 4.69) is 29.9 Å². The standard InChI is InChI=1S/C15H25N3/c1-11-5-4-6-13(9-11)18(3)14-7-8-15(12(2)16)17-10-14/h7-8,10-13H,4-6,9,16H2,1-3H3/t11?,12-,13?/m1/s1. The summed E-state index contributed by atoms with van der Waals surface area (Å²) in [5, 5.41) is 0. The predicted molar refractivity (Wildman–Crippen MR) is 76.7 cm³/mol. The van der Waals surface area contributed by atoms with Gasteiger partial charge in [0, 0.05) is 19.1 Å². The minimum atomic E-state index is 0.0130. The minimum Gasteiger partial charge on any atom is -0.370 e. The van der Waals surface area contributed by atoms with E-state index < -0.39 is 0 Å². The first kappa shape index (κ1) is 13.3. The Balaban J connectivity index is 2.05. The highest BCUT2D eigenvalue weighted by Gasteiger charge is 2.22. The molecule has 1 aromatic heterocycles. The maximum Gasteiger partial charge on any atom is 0.0569 e. The largest absolute Gasteiger partial charge is 0.370 e. The molecule has 0 bridgehead atoms. The molecule has 3 heteroatoms. The summed E-state index contributed by atoms with van der Waals surface area (Å²) in [6.45, 7) is 4.33. The summed E-state index contributed by atoms with van der Waals surface area (Å²) in [6.07, 6.45) is 7.28. The predicted octanol–water partition coefficient (Wildman–Crippen LogP) is 3.12. The van der Waals surface area contributed by atoms with E-state index in [4.69, 9.17) is 5.73 Å². The maximum absolute atomic E-state index is 5.82. The average molecular weight is 247 g/mol. The molecule has 3 nitrogen and oxygen atoms in total. The van der Waals surface area contributed by atoms with Crippen LogP contribution in [0.5, 0.6) is 0 Å². The Hall–Kier alpha value is -1.09. The lowest BCUT2D eigenvalue weighted by Crippen LogP contribution is -2.35. The molecule has 0 radical (unpaired) electrons. The van der Waals surface area contributed by atoms with Gasteiger partial charge in [-0.3, -0.25) is 4.98 Å². The minimum absolute atomic E-state index is 0.0130. The van der Waals surface area contributed by atoms with Crippen LogP contribution in [-0.2, 0) is 0 Å². The molecule has 0 amide bonds. The van der Waals surface area contributed by atoms with Gasteiger partial charge in [-0.25, -0.2) is 0 Å². The lowest BCUT2D eigenvalue weighted by molar-refractivity contribution is 0.336. The quantitative estimate of drug-likeness (QED) is 0.892. The van der Waals surface area contributed by atoms with Crippen LogP contribution < -0.4 is 10.6 Å². The summed E-state index contributed by atoms with van der Waals surface area (Å²) in [5.74, 6) is 0.850. The number of pyridine rings is 1. The molecule has 1 aromatic rings. The Kier molecular flexibility index (Phi) is 4.23. The van der Waals surface area contributed by atoms with Crippen LogP contribution in [0.4, 0.5) is 5.69 Å². The van der Waals surface area contributed by atoms with Gasteiger partial charge in [-0.15, -0.1) is 0 Å². The molecule has 0 spiro atoms. The molecule has 1 aliphatic rings. The molecule has 1 aliphatic carbocycles. The number of hydrogen-bond donors (Lipinski definition) is 1. The molecule has 3 atom stereocenters. The van der Waals surface area contributed by atoms with Gasteiger partial charge in [0.1, 0.15) is 0 Å². The molecular weight excluding hydrogens is 222 g/mol. The Morgan fingerprint density at radius 2 is 2.17 bits per heavy atom. The van der Waals surface area contributed by atoms with Gasteiger partial charge in [0.05, 0.1) is 17.6 Å². The van der Waals surface area contributed by atoms with Crippen LogP contribution in [0.2, 0.25) is 0 Å². The fourth-order valence-corrected chi connectivity index (χ4v) is 2.84. The molecule has 100 valence electrons. The van der Waals surface area contributed by atoms with Gasteiger partial charge < -0.3 is 10.6 Å². The third-order valence-corrected chi connectivity index (χ3v) is 4.10. The fourth-order valence-electron chi connectivity index (χ4n) is 2.84. The molecule has 2 N–H and O–H groups in total. The number of nitrogens with zero attached hydrogens (tertiary/aromatic N) is 2. The van der Waals surface area contributed by atoms with E-state index in [1.54, 1.807) is 0 Å². The normalized spacial score (nSPS) is 25.8. The van der Waals surface area contributed by atoms with Crippen molar-refractivity contribution < 1.29 is 0 Å². The number of rotatable bonds is 3. The molecule has 2 rings (SSSR count). The number of hydrogen-bond acceptors (Lipinski definition) is 3. The number of anilines is 1. The Morgan fingerprint density at radius 3 is 2.72 bits per heavy atom. The fraction of sp³-hybridized carbons (Fsp3) is 0.667. The van der Waals surface area contributed by atoms with Crippen molar-refractivity contribution in [1.82, 2.24) is 4.98 Å². The SMILES string of the molecule is CC1CCCC(N(C)c2ccc([C@@H](C)N)nc2)C1. The lowest BCUT2D eigenvalue weighted by atomic mass is 9.86. The molecule has 1 fully saturated rings. The molecule has 0 saturated heterocycles. The van der Waals surface area contributed by atoms with Crippen molar-refractivity contribution in [3.63, 3.8) is 0 Å². The summed E-state index contributed by atoms with van der Waals surface area (Å²) in [6, 6.07) is 4.86. The van der Waals surface area contributed by atoms with Gasteiger partial charge >= 0.3 is 0 Å². The van der Waals surface area contributed by atoms with Gasteiger partial charge in [0.2, 0.25) is 0 Å². The van der Waals surface area contributed by atoms with Gasteiger partial charge in [0.15, 0.2) is 0 Å². The first-order chi connectivity index (χ1) is 8.58. The maximum atomic E-state index is 5.82. The number of nitrogens with two attached hydrogens (primary N) is 1. The Labute approximate surface area is 110 Å². The van der Waals surface area contributed by atoms with Crippen molar-refractivity contribution in [2.45, 2.75) is 51.6 Å². The van der Waals surface area contributed by atoms with E-state index in [1.165, 1.54) is 31.4 Å². The van der Waals surface area contributed by atoms with Gasteiger partial charge in [-0.1, -0.05) is 19.8 Å². The summed E-state index contributed by atoms with van der Waals surface area (Å²) < 4.78 is 0. The summed E-state index contributed by atoms with van der Waals surface area (Å²) in [5.41, 5.74) is 7.99. The highest BCUT2D eigenvalue weighted by atomic mass is 15.1. The van der Waals surface area contributed by atoms with Crippen LogP contribution in [0.1, 0.15) is 51.3 Å². The van der Waals surface area contributed by atoms with Crippen LogP contribution in [0.3, 0.4) is 0 Å². The van der Waals surface area contributed by atoms with Crippen LogP contribution >= 0.6 is 0 Å². The van der Waals surface area contributed by atoms with Crippen molar-refractivity contribution >= 4 is 5.69 Å². The smallest absolute Gasteiger partial charge is 0.0569 e. The molecule has 1 heterocycles. The highest BCUT2D eigenvalue weighted by Crippen LogP contribution is 2.29. The summed E-state index contributed by atoms with van der Waals surface area (Å²) >= 11 is 0. The zero-order valence-corrected chi connectivity index (χ0v) is 11.8. The van der Waals surface area contributed by atoms with Crippen LogP contribution in [-0.4, -0.2) is 18.1 Å². The summed E-state index contributed by atoms with van der Waals surface area (Å²) in [4.78, 5) is 6.83. The Morgan fingerprint density at radius 1 is 1.39 bits per heavy atom. The molecule has 2 unspecified atom stereocenters. The monoisotopic (exact) mass is 247 g/mol. The van der Waals surface area contributed by atoms with Crippen molar-refractivity contribution in [3.8, 4) is 0 Å². The van der Waals surface area contributed by atoms with Crippen molar-refractivity contribution in [1.29, 1.82) is 0 Å². The molecule has 18 heavy (non-hydrogen) atoms. The third kappa shape index (κ3) is 3.02. The highest BCUT2D eigenvalue weighted by molar-refractivity contribution is 5.45. The van der Waals surface area contributed by atoms with Crippen molar-refractivity contribution in [3.05, 3.63) is 24.0 Å². The second kappa shape index (κ2) is 5.70. The van der Waals surface area contributed by atoms with E-state index in [9.17, 15) is 0 Å². The van der Waals surface area contributed by atoms with Crippen molar-refractivity contribution in [2.75, 3.05) is 11.9 Å². The molecule has 1 saturated carbocycles. The van der Waals surface area contributed by atoms with E-state index in [1.807, 2.05) is 19.2 Å². The summed E-state index contributed by atoms with van der Waals surface area (Å²) in [7, 11) is 2.19. The topological polar surface area (TPSA) is 42.1 Å². The van der Waals surface area contributed by atoms with Gasteiger partial charge in [0.25, 0.3) is 0 Å². The first-order valence-electron chi connectivity index (χ1n) is 7.02. The lowest BCUT2D eigenvalue weighted by Gasteiger charge is -2.35. The van der Waals surface area contributed by atoms with E-state index in [0.717, 1.165) is 11.6 Å². The molecular formula is C15H25N3. The van der Waals surface area contributed by atoms with E-state index >= 15 is 0 Å². The zero-order valence-electron chi connectivity index (χ0n) is 11.8. The molecule has 0 aromatic carbocycles. The first-order valence-corrected chi connectivity index (χ1v) is 7.02. The second-order valence-electron chi connectivity index (χ2n) is 5.77. The number of aromatic nitrogens is 1. The zero-order chi connectivity index (χ0) is 13.1. The third-order valence-electron chi connectivity index (χ3n) is 4.10. The van der Waals surface area contributed by atoms with Crippen LogP contribution in [0, 0.1) is 5.92 Å². The van der Waals surface area contributed by atoms with Crippen LogP contribution in [0.25, 0.3) is 0 Å². The van der Waals surface area contributed by atoms with E-state index in [-0.39, 0.29) is 6.04 Å². The average Bonchev–Trinajstić information content (AvgIpc) is 2.38. The second-order valence-corrected chi connectivity index (χ2v) is 5.77. The van der Waals surface area contributed by atoms with Gasteiger partial charge in [-0.05, 0) is 37.8 Å². The molecule has 0 aliphatic heterocycles.